The van der Waals surface area contributed by atoms with Crippen LogP contribution in [0.15, 0.2) is 28.7 Å². The molecular weight excluding hydrogens is 226 g/mol. The first kappa shape index (κ1) is 11.2. The summed E-state index contributed by atoms with van der Waals surface area (Å²) in [5.41, 5.74) is 4.09. The number of hydrogen-bond donors (Lipinski definition) is 0. The quantitative estimate of drug-likeness (QED) is 0.685. The highest BCUT2D eigenvalue weighted by molar-refractivity contribution is 6.03. The van der Waals surface area contributed by atoms with E-state index in [4.69, 9.17) is 9.15 Å². The Morgan fingerprint density at radius 1 is 1.17 bits per heavy atom. The summed E-state index contributed by atoms with van der Waals surface area (Å²) in [5.74, 6) is 0.839. The molecule has 0 saturated carbocycles. The Kier molecular flexibility index (Phi) is 2.56. The van der Waals surface area contributed by atoms with E-state index in [0.29, 0.717) is 6.61 Å². The van der Waals surface area contributed by atoms with E-state index in [2.05, 4.69) is 24.0 Å². The molecule has 18 heavy (non-hydrogen) atoms. The summed E-state index contributed by atoms with van der Waals surface area (Å²) in [4.78, 5) is 4.62. The van der Waals surface area contributed by atoms with Gasteiger partial charge in [0.2, 0.25) is 0 Å². The highest BCUT2D eigenvalue weighted by Gasteiger charge is 2.11. The van der Waals surface area contributed by atoms with Gasteiger partial charge in [-0.3, -0.25) is 4.98 Å². The minimum absolute atomic E-state index is 0.488. The summed E-state index contributed by atoms with van der Waals surface area (Å²) in [6.07, 6.45) is 0. The molecule has 0 spiro atoms. The molecule has 0 fully saturated rings. The number of fused-ring (bicyclic) bond motifs is 3. The molecule has 0 amide bonds. The topological polar surface area (TPSA) is 35.3 Å². The lowest BCUT2D eigenvalue weighted by molar-refractivity contribution is 0.166. The van der Waals surface area contributed by atoms with E-state index in [0.717, 1.165) is 33.3 Å². The van der Waals surface area contributed by atoms with Gasteiger partial charge in [0.1, 0.15) is 18.0 Å². The highest BCUT2D eigenvalue weighted by atomic mass is 16.5. The van der Waals surface area contributed by atoms with Gasteiger partial charge in [-0.05, 0) is 32.0 Å². The molecule has 0 N–H and O–H groups in total. The van der Waals surface area contributed by atoms with Crippen LogP contribution in [0.5, 0.6) is 0 Å². The zero-order valence-corrected chi connectivity index (χ0v) is 10.8. The average molecular weight is 241 g/mol. The van der Waals surface area contributed by atoms with Crippen molar-refractivity contribution in [3.05, 3.63) is 41.3 Å². The molecule has 3 nitrogen and oxygen atoms in total. The molecule has 92 valence electrons. The highest BCUT2D eigenvalue weighted by Crippen LogP contribution is 2.29. The summed E-state index contributed by atoms with van der Waals surface area (Å²) >= 11 is 0. The molecule has 0 aliphatic heterocycles. The smallest absolute Gasteiger partial charge is 0.145 e. The number of pyridine rings is 1. The van der Waals surface area contributed by atoms with Crippen LogP contribution in [0.25, 0.3) is 21.9 Å². The van der Waals surface area contributed by atoms with E-state index in [1.165, 1.54) is 5.56 Å². The summed E-state index contributed by atoms with van der Waals surface area (Å²) in [5, 5.41) is 2.14. The Hall–Kier alpha value is -1.87. The molecule has 0 atom stereocenters. The van der Waals surface area contributed by atoms with Gasteiger partial charge in [-0.1, -0.05) is 11.6 Å². The predicted octanol–water partition coefficient (Wildman–Crippen LogP) is 3.74. The standard InChI is InChI=1S/C15H15NO2/c1-9-4-5-14-13(6-9)15-12(10(2)16-14)7-11(18-15)8-17-3/h4-7H,8H2,1-3H3. The average Bonchev–Trinajstić information content (AvgIpc) is 2.76. The monoisotopic (exact) mass is 241 g/mol. The van der Waals surface area contributed by atoms with Crippen molar-refractivity contribution < 1.29 is 9.15 Å². The number of furan rings is 1. The third-order valence-electron chi connectivity index (χ3n) is 3.14. The van der Waals surface area contributed by atoms with Crippen LogP contribution in [0, 0.1) is 13.8 Å². The van der Waals surface area contributed by atoms with E-state index in [-0.39, 0.29) is 0 Å². The molecule has 1 aromatic carbocycles. The Morgan fingerprint density at radius 3 is 2.78 bits per heavy atom. The number of benzene rings is 1. The van der Waals surface area contributed by atoms with E-state index >= 15 is 0 Å². The van der Waals surface area contributed by atoms with Gasteiger partial charge in [0.15, 0.2) is 0 Å². The van der Waals surface area contributed by atoms with Gasteiger partial charge in [-0.25, -0.2) is 0 Å². The van der Waals surface area contributed by atoms with E-state index in [1.807, 2.05) is 19.1 Å². The van der Waals surface area contributed by atoms with Crippen molar-refractivity contribution in [2.45, 2.75) is 20.5 Å². The third-order valence-corrected chi connectivity index (χ3v) is 3.14. The van der Waals surface area contributed by atoms with E-state index in [9.17, 15) is 0 Å². The maximum atomic E-state index is 5.89. The number of aryl methyl sites for hydroxylation is 2. The number of ether oxygens (including phenoxy) is 1. The fourth-order valence-electron chi connectivity index (χ4n) is 2.29. The van der Waals surface area contributed by atoms with Crippen LogP contribution in [0.2, 0.25) is 0 Å². The van der Waals surface area contributed by atoms with Crippen LogP contribution in [0.4, 0.5) is 0 Å². The van der Waals surface area contributed by atoms with Crippen molar-refractivity contribution in [3.63, 3.8) is 0 Å². The second-order valence-electron chi connectivity index (χ2n) is 4.61. The van der Waals surface area contributed by atoms with Gasteiger partial charge >= 0.3 is 0 Å². The fourth-order valence-corrected chi connectivity index (χ4v) is 2.29. The van der Waals surface area contributed by atoms with Crippen LogP contribution < -0.4 is 0 Å². The second-order valence-corrected chi connectivity index (χ2v) is 4.61. The molecule has 2 heterocycles. The molecule has 3 aromatic rings. The molecule has 0 bridgehead atoms. The fraction of sp³-hybridized carbons (Fsp3) is 0.267. The number of nitrogens with zero attached hydrogens (tertiary/aromatic N) is 1. The normalized spacial score (nSPS) is 11.5. The molecule has 0 unspecified atom stereocenters. The van der Waals surface area contributed by atoms with E-state index < -0.39 is 0 Å². The molecule has 0 aliphatic rings. The maximum Gasteiger partial charge on any atom is 0.145 e. The first-order chi connectivity index (χ1) is 8.69. The Balaban J connectivity index is 2.39. The molecule has 2 aromatic heterocycles. The van der Waals surface area contributed by atoms with Crippen molar-refractivity contribution in [2.75, 3.05) is 7.11 Å². The van der Waals surface area contributed by atoms with Crippen molar-refractivity contribution in [1.29, 1.82) is 0 Å². The largest absolute Gasteiger partial charge is 0.458 e. The zero-order valence-electron chi connectivity index (χ0n) is 10.8. The van der Waals surface area contributed by atoms with Gasteiger partial charge in [0, 0.05) is 23.6 Å². The van der Waals surface area contributed by atoms with Gasteiger partial charge in [0.05, 0.1) is 5.52 Å². The number of methoxy groups -OCH3 is 1. The number of hydrogen-bond acceptors (Lipinski definition) is 3. The molecule has 0 radical (unpaired) electrons. The minimum Gasteiger partial charge on any atom is -0.458 e. The lowest BCUT2D eigenvalue weighted by atomic mass is 10.1. The van der Waals surface area contributed by atoms with E-state index in [1.54, 1.807) is 7.11 Å². The van der Waals surface area contributed by atoms with Gasteiger partial charge < -0.3 is 9.15 Å². The van der Waals surface area contributed by atoms with Crippen LogP contribution in [-0.2, 0) is 11.3 Å². The first-order valence-electron chi connectivity index (χ1n) is 5.97. The first-order valence-corrected chi connectivity index (χ1v) is 5.97. The molecule has 0 aliphatic carbocycles. The Morgan fingerprint density at radius 2 is 2.00 bits per heavy atom. The Labute approximate surface area is 105 Å². The Bertz CT molecular complexity index is 728. The van der Waals surface area contributed by atoms with Crippen molar-refractivity contribution >= 4 is 21.9 Å². The van der Waals surface area contributed by atoms with Crippen molar-refractivity contribution in [2.24, 2.45) is 0 Å². The lowest BCUT2D eigenvalue weighted by Gasteiger charge is -2.02. The molecule has 3 rings (SSSR count). The van der Waals surface area contributed by atoms with Gasteiger partial charge in [0.25, 0.3) is 0 Å². The summed E-state index contributed by atoms with van der Waals surface area (Å²) in [6.45, 7) is 4.57. The zero-order chi connectivity index (χ0) is 12.7. The number of aromatic nitrogens is 1. The summed E-state index contributed by atoms with van der Waals surface area (Å²) in [6, 6.07) is 8.24. The third kappa shape index (κ3) is 1.68. The number of rotatable bonds is 2. The van der Waals surface area contributed by atoms with Gasteiger partial charge in [-0.2, -0.15) is 0 Å². The molecular formula is C15H15NO2. The molecule has 0 saturated heterocycles. The van der Waals surface area contributed by atoms with Crippen LogP contribution in [0.1, 0.15) is 17.0 Å². The van der Waals surface area contributed by atoms with Gasteiger partial charge in [-0.15, -0.1) is 0 Å². The minimum atomic E-state index is 0.488. The lowest BCUT2D eigenvalue weighted by Crippen LogP contribution is -1.85. The van der Waals surface area contributed by atoms with Crippen molar-refractivity contribution in [3.8, 4) is 0 Å². The molecule has 3 heteroatoms. The summed E-state index contributed by atoms with van der Waals surface area (Å²) < 4.78 is 11.0. The maximum absolute atomic E-state index is 5.89. The summed E-state index contributed by atoms with van der Waals surface area (Å²) in [7, 11) is 1.67. The van der Waals surface area contributed by atoms with Crippen LogP contribution in [0.3, 0.4) is 0 Å². The SMILES string of the molecule is COCc1cc2c(C)nc3ccc(C)cc3c2o1. The second kappa shape index (κ2) is 4.10. The predicted molar refractivity (Wildman–Crippen MR) is 71.7 cm³/mol. The van der Waals surface area contributed by atoms with Crippen molar-refractivity contribution in [1.82, 2.24) is 4.98 Å². The van der Waals surface area contributed by atoms with Crippen LogP contribution in [-0.4, -0.2) is 12.1 Å². The van der Waals surface area contributed by atoms with Crippen LogP contribution >= 0.6 is 0 Å².